The molecule has 0 aromatic heterocycles. The van der Waals surface area contributed by atoms with Crippen LogP contribution >= 0.6 is 0 Å². The second kappa shape index (κ2) is 9.82. The average Bonchev–Trinajstić information content (AvgIpc) is 2.70. The molecule has 0 aliphatic heterocycles. The number of hydrogen-bond donors (Lipinski definition) is 1. The zero-order valence-electron chi connectivity index (χ0n) is 20.0. The Morgan fingerprint density at radius 2 is 1.69 bits per heavy atom. The maximum absolute atomic E-state index is 11.1. The summed E-state index contributed by atoms with van der Waals surface area (Å²) in [7, 11) is 0. The van der Waals surface area contributed by atoms with Crippen molar-refractivity contribution in [1.29, 1.82) is 0 Å². The summed E-state index contributed by atoms with van der Waals surface area (Å²) in [5.74, 6) is 1.06. The Labute approximate surface area is 192 Å². The second-order valence-electron chi connectivity index (χ2n) is 11.0. The van der Waals surface area contributed by atoms with Gasteiger partial charge in [-0.05, 0) is 84.4 Å². The van der Waals surface area contributed by atoms with Crippen LogP contribution in [-0.4, -0.2) is 34.7 Å². The Balaban J connectivity index is 1.38. The zero-order valence-corrected chi connectivity index (χ0v) is 20.0. The van der Waals surface area contributed by atoms with E-state index in [1.807, 2.05) is 0 Å². The zero-order chi connectivity index (χ0) is 22.7. The Morgan fingerprint density at radius 1 is 1.00 bits per heavy atom. The van der Waals surface area contributed by atoms with Gasteiger partial charge in [0.25, 0.3) is 0 Å². The van der Waals surface area contributed by atoms with Crippen LogP contribution in [0.15, 0.2) is 36.4 Å². The lowest BCUT2D eigenvalue weighted by Crippen LogP contribution is -2.40. The molecule has 174 valence electrons. The molecular formula is C28H39NO3. The summed E-state index contributed by atoms with van der Waals surface area (Å²) < 4.78 is 6.36. The van der Waals surface area contributed by atoms with Crippen molar-refractivity contribution in [1.82, 2.24) is 4.90 Å². The molecule has 0 amide bonds. The van der Waals surface area contributed by atoms with E-state index in [4.69, 9.17) is 9.84 Å². The maximum atomic E-state index is 11.1. The van der Waals surface area contributed by atoms with Gasteiger partial charge in [-0.25, -0.2) is 0 Å². The first-order chi connectivity index (χ1) is 15.3. The standard InChI is InChI=1S/C28H39NO3/c1-28(2,3)23-10-13-25(14-11-23)32-26-12-9-21-17-20(7-8-22(21)18-26)19-29(16-15-27(30)31)24-5-4-6-24/h7-9,12,17-18,23-25H,4-6,10-11,13-16,19H2,1-3H3,(H,30,31)/t23-,25-. The number of carboxylic acid groups (broad SMARTS) is 1. The van der Waals surface area contributed by atoms with Gasteiger partial charge in [0, 0.05) is 19.1 Å². The highest BCUT2D eigenvalue weighted by Gasteiger charge is 2.30. The Morgan fingerprint density at radius 3 is 2.31 bits per heavy atom. The van der Waals surface area contributed by atoms with Gasteiger partial charge in [0.15, 0.2) is 0 Å². The van der Waals surface area contributed by atoms with Crippen LogP contribution in [0.25, 0.3) is 10.8 Å². The molecule has 2 fully saturated rings. The number of nitrogens with zero attached hydrogens (tertiary/aromatic N) is 1. The van der Waals surface area contributed by atoms with E-state index in [1.54, 1.807) is 0 Å². The van der Waals surface area contributed by atoms with Crippen LogP contribution in [0.4, 0.5) is 0 Å². The molecule has 0 saturated heterocycles. The van der Waals surface area contributed by atoms with Crippen LogP contribution in [0, 0.1) is 11.3 Å². The summed E-state index contributed by atoms with van der Waals surface area (Å²) in [6.07, 6.45) is 8.97. The number of fused-ring (bicyclic) bond motifs is 1. The van der Waals surface area contributed by atoms with Crippen molar-refractivity contribution < 1.29 is 14.6 Å². The minimum absolute atomic E-state index is 0.211. The molecule has 0 spiro atoms. The van der Waals surface area contributed by atoms with Crippen LogP contribution in [0.5, 0.6) is 5.75 Å². The Bertz CT molecular complexity index is 920. The molecule has 32 heavy (non-hydrogen) atoms. The molecular weight excluding hydrogens is 398 g/mol. The predicted octanol–water partition coefficient (Wildman–Crippen LogP) is 6.65. The smallest absolute Gasteiger partial charge is 0.304 e. The van der Waals surface area contributed by atoms with Gasteiger partial charge in [-0.2, -0.15) is 0 Å². The monoisotopic (exact) mass is 437 g/mol. The third-order valence-corrected chi connectivity index (χ3v) is 7.67. The molecule has 4 nitrogen and oxygen atoms in total. The van der Waals surface area contributed by atoms with E-state index in [2.05, 4.69) is 62.1 Å². The fourth-order valence-corrected chi connectivity index (χ4v) is 5.30. The van der Waals surface area contributed by atoms with E-state index in [1.165, 1.54) is 48.4 Å². The molecule has 0 radical (unpaired) electrons. The number of carboxylic acids is 1. The SMILES string of the molecule is CC(C)(C)[C@H]1CC[C@H](Oc2ccc3cc(CN(CCC(=O)O)C4CCC4)ccc3c2)CC1. The van der Waals surface area contributed by atoms with Gasteiger partial charge in [0.2, 0.25) is 0 Å². The van der Waals surface area contributed by atoms with E-state index in [-0.39, 0.29) is 6.42 Å². The Hall–Kier alpha value is -2.07. The highest BCUT2D eigenvalue weighted by Crippen LogP contribution is 2.39. The minimum Gasteiger partial charge on any atom is -0.490 e. The number of aliphatic carboxylic acids is 1. The fraction of sp³-hybridized carbons (Fsp3) is 0.607. The van der Waals surface area contributed by atoms with Crippen molar-refractivity contribution in [3.05, 3.63) is 42.0 Å². The number of benzene rings is 2. The van der Waals surface area contributed by atoms with Crippen molar-refractivity contribution in [2.45, 2.75) is 90.8 Å². The summed E-state index contributed by atoms with van der Waals surface area (Å²) in [6.45, 7) is 8.52. The lowest BCUT2D eigenvalue weighted by Gasteiger charge is -2.37. The van der Waals surface area contributed by atoms with Gasteiger partial charge in [-0.3, -0.25) is 9.69 Å². The van der Waals surface area contributed by atoms with Crippen molar-refractivity contribution >= 4 is 16.7 Å². The summed E-state index contributed by atoms with van der Waals surface area (Å²) in [5, 5.41) is 11.5. The summed E-state index contributed by atoms with van der Waals surface area (Å²) in [5.41, 5.74) is 1.65. The van der Waals surface area contributed by atoms with Crippen LogP contribution < -0.4 is 4.74 Å². The van der Waals surface area contributed by atoms with Gasteiger partial charge >= 0.3 is 5.97 Å². The average molecular weight is 438 g/mol. The maximum Gasteiger partial charge on any atom is 0.304 e. The quantitative estimate of drug-likeness (QED) is 0.502. The van der Waals surface area contributed by atoms with Crippen LogP contribution in [0.3, 0.4) is 0 Å². The van der Waals surface area contributed by atoms with E-state index in [0.29, 0.717) is 24.1 Å². The first kappa shape index (κ1) is 23.1. The van der Waals surface area contributed by atoms with E-state index >= 15 is 0 Å². The summed E-state index contributed by atoms with van der Waals surface area (Å²) in [4.78, 5) is 13.4. The molecule has 2 aliphatic carbocycles. The van der Waals surface area contributed by atoms with E-state index < -0.39 is 5.97 Å². The van der Waals surface area contributed by atoms with Gasteiger partial charge in [-0.1, -0.05) is 45.4 Å². The van der Waals surface area contributed by atoms with E-state index in [0.717, 1.165) is 31.1 Å². The highest BCUT2D eigenvalue weighted by molar-refractivity contribution is 5.84. The molecule has 4 heteroatoms. The molecule has 0 bridgehead atoms. The van der Waals surface area contributed by atoms with Gasteiger partial charge in [0.1, 0.15) is 5.75 Å². The van der Waals surface area contributed by atoms with E-state index in [9.17, 15) is 4.79 Å². The lowest BCUT2D eigenvalue weighted by molar-refractivity contribution is -0.137. The second-order valence-corrected chi connectivity index (χ2v) is 11.0. The first-order valence-electron chi connectivity index (χ1n) is 12.4. The third-order valence-electron chi connectivity index (χ3n) is 7.67. The van der Waals surface area contributed by atoms with Crippen molar-refractivity contribution in [2.75, 3.05) is 6.54 Å². The van der Waals surface area contributed by atoms with Gasteiger partial charge < -0.3 is 9.84 Å². The Kier molecular flexibility index (Phi) is 7.09. The molecule has 0 atom stereocenters. The molecule has 2 aromatic carbocycles. The molecule has 0 unspecified atom stereocenters. The van der Waals surface area contributed by atoms with Gasteiger partial charge in [-0.15, -0.1) is 0 Å². The molecule has 2 aliphatic rings. The van der Waals surface area contributed by atoms with Crippen molar-refractivity contribution in [3.63, 3.8) is 0 Å². The number of carbonyl (C=O) groups is 1. The summed E-state index contributed by atoms with van der Waals surface area (Å²) in [6, 6.07) is 13.6. The normalized spacial score (nSPS) is 22.1. The molecule has 4 rings (SSSR count). The third kappa shape index (κ3) is 5.83. The molecule has 2 aromatic rings. The van der Waals surface area contributed by atoms with Crippen molar-refractivity contribution in [2.24, 2.45) is 11.3 Å². The molecule has 0 heterocycles. The van der Waals surface area contributed by atoms with Crippen LogP contribution in [-0.2, 0) is 11.3 Å². The van der Waals surface area contributed by atoms with Crippen LogP contribution in [0.1, 0.15) is 77.7 Å². The van der Waals surface area contributed by atoms with Gasteiger partial charge in [0.05, 0.1) is 12.5 Å². The first-order valence-corrected chi connectivity index (χ1v) is 12.4. The molecule has 1 N–H and O–H groups in total. The fourth-order valence-electron chi connectivity index (χ4n) is 5.30. The largest absolute Gasteiger partial charge is 0.490 e. The predicted molar refractivity (Wildman–Crippen MR) is 130 cm³/mol. The lowest BCUT2D eigenvalue weighted by atomic mass is 9.72. The number of rotatable bonds is 8. The molecule has 2 saturated carbocycles. The van der Waals surface area contributed by atoms with Crippen LogP contribution in [0.2, 0.25) is 0 Å². The number of hydrogen-bond acceptors (Lipinski definition) is 3. The van der Waals surface area contributed by atoms with Crippen molar-refractivity contribution in [3.8, 4) is 5.75 Å². The summed E-state index contributed by atoms with van der Waals surface area (Å²) >= 11 is 0. The number of ether oxygens (including phenoxy) is 1. The topological polar surface area (TPSA) is 49.8 Å². The minimum atomic E-state index is -0.716. The highest BCUT2D eigenvalue weighted by atomic mass is 16.5.